The van der Waals surface area contributed by atoms with Crippen molar-refractivity contribution in [2.24, 2.45) is 11.8 Å². The molecule has 0 spiro atoms. The summed E-state index contributed by atoms with van der Waals surface area (Å²) >= 11 is 0. The van der Waals surface area contributed by atoms with Crippen LogP contribution in [-0.4, -0.2) is 65.4 Å². The Hall–Kier alpha value is -2.67. The third-order valence-corrected chi connectivity index (χ3v) is 8.66. The maximum Gasteiger partial charge on any atom is 0.329 e. The van der Waals surface area contributed by atoms with Crippen molar-refractivity contribution >= 4 is 23.5 Å². The van der Waals surface area contributed by atoms with Crippen LogP contribution in [0.4, 0.5) is 10.5 Å². The highest BCUT2D eigenvalue weighted by Gasteiger charge is 2.47. The zero-order valence-electron chi connectivity index (χ0n) is 19.7. The first kappa shape index (κ1) is 21.8. The Labute approximate surface area is 201 Å². The van der Waals surface area contributed by atoms with Gasteiger partial charge in [0.1, 0.15) is 6.04 Å². The molecule has 5 aliphatic rings. The first-order valence-corrected chi connectivity index (χ1v) is 13.0. The van der Waals surface area contributed by atoms with Crippen molar-refractivity contribution in [1.82, 2.24) is 15.1 Å². The Kier molecular flexibility index (Phi) is 5.68. The second-order valence-electron chi connectivity index (χ2n) is 10.6. The number of urea groups is 1. The Balaban J connectivity index is 1.13. The Morgan fingerprint density at radius 1 is 1.06 bits per heavy atom. The van der Waals surface area contributed by atoms with Gasteiger partial charge in [-0.1, -0.05) is 36.3 Å². The van der Waals surface area contributed by atoms with Crippen LogP contribution in [0.25, 0.3) is 0 Å². The van der Waals surface area contributed by atoms with E-state index in [2.05, 4.69) is 21.2 Å². The lowest BCUT2D eigenvalue weighted by molar-refractivity contribution is -0.136. The molecule has 4 saturated heterocycles. The van der Waals surface area contributed by atoms with Gasteiger partial charge in [0.05, 0.1) is 11.7 Å². The molecule has 4 aliphatic heterocycles. The lowest BCUT2D eigenvalue weighted by Crippen LogP contribution is -2.60. The van der Waals surface area contributed by atoms with Gasteiger partial charge in [-0.2, -0.15) is 0 Å². The predicted octanol–water partition coefficient (Wildman–Crippen LogP) is 3.31. The van der Waals surface area contributed by atoms with Crippen molar-refractivity contribution in [3.63, 3.8) is 0 Å². The van der Waals surface area contributed by atoms with Gasteiger partial charge in [0.15, 0.2) is 0 Å². The monoisotopic (exact) mass is 462 g/mol. The summed E-state index contributed by atoms with van der Waals surface area (Å²) in [6.45, 7) is 3.10. The SMILES string of the molecule is O=C1N[C@H](CCC(=O)N2CCCC3=C[C@H]4C[C@@H](CN5CCCC[C@H]45)[C@H]32)C(=O)N1c1ccccc1. The minimum atomic E-state index is -0.643. The fraction of sp³-hybridized carbons (Fsp3) is 0.593. The molecule has 1 aromatic rings. The van der Waals surface area contributed by atoms with E-state index >= 15 is 0 Å². The van der Waals surface area contributed by atoms with Crippen LogP contribution in [0.1, 0.15) is 51.4 Å². The van der Waals surface area contributed by atoms with E-state index in [1.165, 1.54) is 42.7 Å². The molecule has 4 amide bonds. The number of hydrogen-bond donors (Lipinski definition) is 1. The summed E-state index contributed by atoms with van der Waals surface area (Å²) in [4.78, 5) is 44.8. The Morgan fingerprint density at radius 2 is 1.91 bits per heavy atom. The second-order valence-corrected chi connectivity index (χ2v) is 10.6. The van der Waals surface area contributed by atoms with Gasteiger partial charge >= 0.3 is 6.03 Å². The molecule has 34 heavy (non-hydrogen) atoms. The number of nitrogens with zero attached hydrogens (tertiary/aromatic N) is 3. The number of anilines is 1. The van der Waals surface area contributed by atoms with Crippen molar-refractivity contribution < 1.29 is 14.4 Å². The summed E-state index contributed by atoms with van der Waals surface area (Å²) in [5.74, 6) is 1.02. The molecule has 0 saturated carbocycles. The summed E-state index contributed by atoms with van der Waals surface area (Å²) in [7, 11) is 0. The van der Waals surface area contributed by atoms with E-state index in [4.69, 9.17) is 0 Å². The van der Waals surface area contributed by atoms with Gasteiger partial charge < -0.3 is 10.2 Å². The second kappa shape index (κ2) is 8.84. The Morgan fingerprint density at radius 3 is 2.76 bits per heavy atom. The van der Waals surface area contributed by atoms with Gasteiger partial charge in [-0.3, -0.25) is 14.5 Å². The van der Waals surface area contributed by atoms with E-state index in [-0.39, 0.29) is 24.3 Å². The minimum absolute atomic E-state index is 0.120. The predicted molar refractivity (Wildman–Crippen MR) is 129 cm³/mol. The van der Waals surface area contributed by atoms with Gasteiger partial charge in [-0.25, -0.2) is 9.69 Å². The molecule has 6 rings (SSSR count). The summed E-state index contributed by atoms with van der Waals surface area (Å²) in [6.07, 6.45) is 10.4. The van der Waals surface area contributed by atoms with E-state index < -0.39 is 12.1 Å². The fourth-order valence-corrected chi connectivity index (χ4v) is 7.21. The van der Waals surface area contributed by atoms with Crippen molar-refractivity contribution in [2.75, 3.05) is 24.5 Å². The van der Waals surface area contributed by atoms with Crippen LogP contribution in [0, 0.1) is 11.8 Å². The molecule has 1 aromatic carbocycles. The number of benzene rings is 1. The van der Waals surface area contributed by atoms with Crippen LogP contribution in [0.5, 0.6) is 0 Å². The number of para-hydroxylation sites is 1. The molecule has 0 aromatic heterocycles. The zero-order valence-corrected chi connectivity index (χ0v) is 19.7. The molecule has 4 fully saturated rings. The van der Waals surface area contributed by atoms with E-state index in [1.54, 1.807) is 24.3 Å². The van der Waals surface area contributed by atoms with E-state index in [1.807, 2.05) is 6.07 Å². The highest BCUT2D eigenvalue weighted by Crippen LogP contribution is 2.45. The molecule has 2 bridgehead atoms. The average Bonchev–Trinajstić information content (AvgIpc) is 3.15. The first-order valence-electron chi connectivity index (χ1n) is 13.0. The topological polar surface area (TPSA) is 73.0 Å². The minimum Gasteiger partial charge on any atom is -0.336 e. The third kappa shape index (κ3) is 3.74. The van der Waals surface area contributed by atoms with Crippen LogP contribution in [0.2, 0.25) is 0 Å². The summed E-state index contributed by atoms with van der Waals surface area (Å²) in [5.41, 5.74) is 2.04. The quantitative estimate of drug-likeness (QED) is 0.550. The number of rotatable bonds is 4. The number of carbonyl (C=O) groups excluding carboxylic acids is 3. The van der Waals surface area contributed by atoms with Gasteiger partial charge in [-0.05, 0) is 69.0 Å². The number of amides is 4. The molecule has 1 N–H and O–H groups in total. The van der Waals surface area contributed by atoms with Crippen molar-refractivity contribution in [3.8, 4) is 0 Å². The summed E-state index contributed by atoms with van der Waals surface area (Å²) < 4.78 is 0. The largest absolute Gasteiger partial charge is 0.336 e. The lowest BCUT2D eigenvalue weighted by atomic mass is 9.68. The normalized spacial score (nSPS) is 33.2. The lowest BCUT2D eigenvalue weighted by Gasteiger charge is -2.54. The average molecular weight is 463 g/mol. The van der Waals surface area contributed by atoms with Crippen LogP contribution in [-0.2, 0) is 9.59 Å². The maximum atomic E-state index is 13.4. The van der Waals surface area contributed by atoms with Crippen molar-refractivity contribution in [1.29, 1.82) is 0 Å². The zero-order chi connectivity index (χ0) is 23.2. The number of fused-ring (bicyclic) bond motifs is 6. The molecule has 0 unspecified atom stereocenters. The van der Waals surface area contributed by atoms with Crippen LogP contribution >= 0.6 is 0 Å². The molecule has 180 valence electrons. The van der Waals surface area contributed by atoms with E-state index in [0.29, 0.717) is 30.0 Å². The molecular weight excluding hydrogens is 428 g/mol. The molecule has 4 heterocycles. The third-order valence-electron chi connectivity index (χ3n) is 8.66. The number of nitrogens with one attached hydrogen (secondary N) is 1. The fourth-order valence-electron chi connectivity index (χ4n) is 7.21. The summed E-state index contributed by atoms with van der Waals surface area (Å²) in [6, 6.07) is 8.83. The molecule has 1 aliphatic carbocycles. The van der Waals surface area contributed by atoms with Gasteiger partial charge in [0, 0.05) is 25.6 Å². The molecule has 7 nitrogen and oxygen atoms in total. The van der Waals surface area contributed by atoms with Crippen molar-refractivity contribution in [2.45, 2.75) is 69.5 Å². The number of piperidine rings is 3. The summed E-state index contributed by atoms with van der Waals surface area (Å²) in [5, 5.41) is 2.78. The maximum absolute atomic E-state index is 13.4. The first-order chi connectivity index (χ1) is 16.6. The van der Waals surface area contributed by atoms with Gasteiger partial charge in [0.25, 0.3) is 5.91 Å². The standard InChI is InChI=1S/C27H34N4O3/c32-24(12-11-22-26(33)31(27(34)28-22)21-8-2-1-3-9-21)30-14-6-7-18-15-19-16-20(25(18)30)17-29-13-5-4-10-23(19)29/h1-3,8-9,15,19-20,22-23,25H,4-7,10-14,16-17H2,(H,28,34)/t19-,20-,22+,23+,25-/m0/s1. The van der Waals surface area contributed by atoms with Gasteiger partial charge in [-0.15, -0.1) is 0 Å². The highest BCUT2D eigenvalue weighted by molar-refractivity contribution is 6.21. The molecular formula is C27H34N4O3. The van der Waals surface area contributed by atoms with Crippen LogP contribution in [0.3, 0.4) is 0 Å². The van der Waals surface area contributed by atoms with E-state index in [0.717, 1.165) is 25.9 Å². The highest BCUT2D eigenvalue weighted by atomic mass is 16.2. The molecule has 5 atom stereocenters. The molecule has 7 heteroatoms. The smallest absolute Gasteiger partial charge is 0.329 e. The molecule has 0 radical (unpaired) electrons. The van der Waals surface area contributed by atoms with Crippen molar-refractivity contribution in [3.05, 3.63) is 42.0 Å². The Bertz CT molecular complexity index is 1010. The van der Waals surface area contributed by atoms with Crippen LogP contribution < -0.4 is 10.2 Å². The van der Waals surface area contributed by atoms with E-state index in [9.17, 15) is 14.4 Å². The van der Waals surface area contributed by atoms with Gasteiger partial charge in [0.2, 0.25) is 5.91 Å². The van der Waals surface area contributed by atoms with Crippen LogP contribution in [0.15, 0.2) is 42.0 Å². The number of carbonyl (C=O) groups is 3. The number of hydrogen-bond acceptors (Lipinski definition) is 4. The number of likely N-dealkylation sites (tertiary alicyclic amines) is 1. The number of imide groups is 1.